The van der Waals surface area contributed by atoms with Crippen LogP contribution in [0.4, 0.5) is 0 Å². The number of hydrogen-bond acceptors (Lipinski definition) is 5. The van der Waals surface area contributed by atoms with Gasteiger partial charge in [0.2, 0.25) is 0 Å². The van der Waals surface area contributed by atoms with Crippen LogP contribution in [0, 0.1) is 24.4 Å². The minimum Gasteiger partial charge on any atom is -0.411 e. The predicted octanol–water partition coefficient (Wildman–Crippen LogP) is 1.80. The Morgan fingerprint density at radius 3 is 2.88 bits per heavy atom. The maximum atomic E-state index is 11.2. The molecule has 94 valence electrons. The molecule has 1 aliphatic rings. The van der Waals surface area contributed by atoms with Crippen LogP contribution in [0.25, 0.3) is 0 Å². The number of hydrogen-bond donors (Lipinski definition) is 0. The van der Waals surface area contributed by atoms with Gasteiger partial charge >= 0.3 is 0 Å². The Morgan fingerprint density at radius 1 is 1.53 bits per heavy atom. The van der Waals surface area contributed by atoms with E-state index in [2.05, 4.69) is 17.9 Å². The van der Waals surface area contributed by atoms with Crippen molar-refractivity contribution in [1.82, 2.24) is 0 Å². The van der Waals surface area contributed by atoms with E-state index in [1.165, 1.54) is 11.4 Å². The van der Waals surface area contributed by atoms with Crippen LogP contribution in [-0.2, 0) is 26.2 Å². The second kappa shape index (κ2) is 7.34. The minimum atomic E-state index is -2.84. The molecule has 1 rings (SSSR count). The zero-order valence-corrected chi connectivity index (χ0v) is 12.6. The summed E-state index contributed by atoms with van der Waals surface area (Å²) in [5.74, 6) is 5.73. The molecular weight excluding hydrogens is 295 g/mol. The van der Waals surface area contributed by atoms with Gasteiger partial charge in [0.1, 0.15) is 6.11 Å². The molecule has 3 nitrogen and oxygen atoms in total. The number of sulfone groups is 1. The molecular formula is C10H13O3PS3. The largest absolute Gasteiger partial charge is 0.411 e. The van der Waals surface area contributed by atoms with Crippen LogP contribution in [0.5, 0.6) is 0 Å². The van der Waals surface area contributed by atoms with Crippen molar-refractivity contribution >= 4 is 39.2 Å². The molecule has 0 aromatic rings. The summed E-state index contributed by atoms with van der Waals surface area (Å²) in [6.45, 7) is 0. The normalized spacial score (nSPS) is 23.1. The molecule has 2 unspecified atom stereocenters. The van der Waals surface area contributed by atoms with Crippen LogP contribution in [0.3, 0.4) is 0 Å². The summed E-state index contributed by atoms with van der Waals surface area (Å²) in [6.07, 6.45) is 7.99. The molecule has 0 bridgehead atoms. The van der Waals surface area contributed by atoms with Crippen molar-refractivity contribution in [2.45, 2.75) is 24.5 Å². The Balaban J connectivity index is 2.26. The highest BCUT2D eigenvalue weighted by atomic mass is 32.9. The molecule has 0 aromatic heterocycles. The third kappa shape index (κ3) is 6.38. The predicted molar refractivity (Wildman–Crippen MR) is 77.3 cm³/mol. The fourth-order valence-electron chi connectivity index (χ4n) is 1.28. The molecule has 7 heteroatoms. The van der Waals surface area contributed by atoms with Gasteiger partial charge in [-0.2, -0.15) is 0 Å². The standard InChI is InChI=1S/C10H13O3PS3/c1-2-3-4-5-7-13-14(15)16-10-6-8-17(11,12)9-10/h1,10,14H,3-4,6,8-9H2. The summed E-state index contributed by atoms with van der Waals surface area (Å²) >= 11 is 6.58. The van der Waals surface area contributed by atoms with Crippen LogP contribution >= 0.6 is 17.5 Å². The Hall–Kier alpha value is -0.130. The second-order valence-corrected chi connectivity index (χ2v) is 11.0. The summed E-state index contributed by atoms with van der Waals surface area (Å²) in [5, 5.41) is 0.0823. The first-order valence-electron chi connectivity index (χ1n) is 5.03. The Morgan fingerprint density at radius 2 is 2.29 bits per heavy atom. The Bertz CT molecular complexity index is 481. The zero-order chi connectivity index (χ0) is 12.7. The van der Waals surface area contributed by atoms with Gasteiger partial charge in [-0.05, 0) is 18.2 Å². The van der Waals surface area contributed by atoms with Gasteiger partial charge in [-0.3, -0.25) is 0 Å². The number of terminal acetylenes is 1. The van der Waals surface area contributed by atoms with E-state index in [1.807, 2.05) is 0 Å². The lowest BCUT2D eigenvalue weighted by Crippen LogP contribution is -2.04. The van der Waals surface area contributed by atoms with Gasteiger partial charge in [0.25, 0.3) is 0 Å². The average molecular weight is 308 g/mol. The van der Waals surface area contributed by atoms with Crippen LogP contribution in [-0.4, -0.2) is 25.2 Å². The van der Waals surface area contributed by atoms with Crippen molar-refractivity contribution in [3.05, 3.63) is 0 Å². The lowest BCUT2D eigenvalue weighted by molar-refractivity contribution is 0.602. The van der Waals surface area contributed by atoms with Crippen LogP contribution in [0.2, 0.25) is 0 Å². The number of rotatable bonds is 4. The van der Waals surface area contributed by atoms with Crippen LogP contribution in [0.15, 0.2) is 0 Å². The summed E-state index contributed by atoms with van der Waals surface area (Å²) in [4.78, 5) is 0. The molecule has 0 aromatic carbocycles. The van der Waals surface area contributed by atoms with Crippen molar-refractivity contribution in [1.29, 1.82) is 0 Å². The van der Waals surface area contributed by atoms with Gasteiger partial charge in [-0.15, -0.1) is 12.3 Å². The van der Waals surface area contributed by atoms with E-state index < -0.39 is 16.0 Å². The first-order valence-corrected chi connectivity index (χ1v) is 11.0. The summed E-state index contributed by atoms with van der Waals surface area (Å²) in [7, 11) is -2.84. The van der Waals surface area contributed by atoms with E-state index in [0.717, 1.165) is 0 Å². The monoisotopic (exact) mass is 308 g/mol. The second-order valence-electron chi connectivity index (χ2n) is 3.48. The molecule has 2 atom stereocenters. The molecule has 1 fully saturated rings. The fourth-order valence-corrected chi connectivity index (χ4v) is 7.98. The lowest BCUT2D eigenvalue weighted by Gasteiger charge is -2.06. The van der Waals surface area contributed by atoms with E-state index in [-0.39, 0.29) is 16.8 Å². The minimum absolute atomic E-state index is 0.0823. The summed E-state index contributed by atoms with van der Waals surface area (Å²) < 4.78 is 27.6. The topological polar surface area (TPSA) is 43.4 Å². The molecule has 0 N–H and O–H groups in total. The quantitative estimate of drug-likeness (QED) is 0.450. The van der Waals surface area contributed by atoms with E-state index in [0.29, 0.717) is 19.3 Å². The third-order valence-electron chi connectivity index (χ3n) is 2.05. The number of unbranched alkanes of at least 4 members (excludes halogenated alkanes) is 1. The highest BCUT2D eigenvalue weighted by Crippen LogP contribution is 2.45. The van der Waals surface area contributed by atoms with E-state index in [1.54, 1.807) is 0 Å². The summed E-state index contributed by atoms with van der Waals surface area (Å²) in [5.41, 5.74) is 0. The van der Waals surface area contributed by atoms with Gasteiger partial charge in [0, 0.05) is 18.1 Å². The first-order chi connectivity index (χ1) is 8.03. The summed E-state index contributed by atoms with van der Waals surface area (Å²) in [6, 6.07) is 0. The molecule has 0 radical (unpaired) electrons. The Kier molecular flexibility index (Phi) is 6.44. The SMILES string of the molecule is C#CCCC#CO[PH](=S)SC1CCS(=O)(=O)C1. The van der Waals surface area contributed by atoms with E-state index >= 15 is 0 Å². The Labute approximate surface area is 112 Å². The molecule has 1 aliphatic heterocycles. The third-order valence-corrected chi connectivity index (χ3v) is 8.17. The molecule has 0 aliphatic carbocycles. The molecule has 1 heterocycles. The van der Waals surface area contributed by atoms with E-state index in [4.69, 9.17) is 22.8 Å². The van der Waals surface area contributed by atoms with Gasteiger partial charge in [0.05, 0.1) is 11.5 Å². The van der Waals surface area contributed by atoms with Crippen molar-refractivity contribution in [2.24, 2.45) is 0 Å². The molecule has 0 amide bonds. The smallest absolute Gasteiger partial charge is 0.169 e. The van der Waals surface area contributed by atoms with E-state index in [9.17, 15) is 8.42 Å². The highest BCUT2D eigenvalue weighted by molar-refractivity contribution is 8.63. The fraction of sp³-hybridized carbons (Fsp3) is 0.600. The maximum Gasteiger partial charge on any atom is 0.169 e. The zero-order valence-electron chi connectivity index (χ0n) is 9.14. The van der Waals surface area contributed by atoms with Crippen LogP contribution in [0.1, 0.15) is 19.3 Å². The molecule has 17 heavy (non-hydrogen) atoms. The van der Waals surface area contributed by atoms with Crippen molar-refractivity contribution in [2.75, 3.05) is 11.5 Å². The van der Waals surface area contributed by atoms with Crippen molar-refractivity contribution in [3.63, 3.8) is 0 Å². The van der Waals surface area contributed by atoms with Gasteiger partial charge in [0.15, 0.2) is 16.0 Å². The molecule has 0 spiro atoms. The van der Waals surface area contributed by atoms with Crippen molar-refractivity contribution < 1.29 is 12.9 Å². The molecule has 0 saturated carbocycles. The molecule has 1 saturated heterocycles. The van der Waals surface area contributed by atoms with Gasteiger partial charge in [-0.25, -0.2) is 8.42 Å². The van der Waals surface area contributed by atoms with Gasteiger partial charge in [-0.1, -0.05) is 17.3 Å². The van der Waals surface area contributed by atoms with Crippen molar-refractivity contribution in [3.8, 4) is 24.4 Å². The highest BCUT2D eigenvalue weighted by Gasteiger charge is 2.29. The maximum absolute atomic E-state index is 11.2. The van der Waals surface area contributed by atoms with Crippen LogP contribution < -0.4 is 0 Å². The lowest BCUT2D eigenvalue weighted by atomic mass is 10.3. The van der Waals surface area contributed by atoms with Gasteiger partial charge < -0.3 is 4.52 Å². The first kappa shape index (κ1) is 14.9. The average Bonchev–Trinajstić information content (AvgIpc) is 2.57.